The monoisotopic (exact) mass is 410 g/mol. The minimum Gasteiger partial charge on any atom is -0.480 e. The van der Waals surface area contributed by atoms with Crippen molar-refractivity contribution in [3.05, 3.63) is 35.9 Å². The van der Waals surface area contributed by atoms with E-state index >= 15 is 0 Å². The molecule has 1 rings (SSSR count). The molecule has 0 aliphatic rings. The van der Waals surface area contributed by atoms with Gasteiger partial charge in [0, 0.05) is 6.42 Å². The molecule has 0 saturated carbocycles. The van der Waals surface area contributed by atoms with E-state index in [2.05, 4.69) is 16.0 Å². The zero-order valence-electron chi connectivity index (χ0n) is 15.9. The molecule has 4 unspecified atom stereocenters. The van der Waals surface area contributed by atoms with Crippen LogP contribution in [0.2, 0.25) is 0 Å². The number of aliphatic carboxylic acids is 1. The van der Waals surface area contributed by atoms with Gasteiger partial charge in [-0.3, -0.25) is 19.2 Å². The first-order valence-corrected chi connectivity index (χ1v) is 8.84. The lowest BCUT2D eigenvalue weighted by molar-refractivity contribution is -0.138. The molecule has 0 aromatic heterocycles. The van der Waals surface area contributed by atoms with E-state index < -0.39 is 61.1 Å². The zero-order chi connectivity index (χ0) is 22.0. The molecule has 0 radical (unpaired) electrons. The quantitative estimate of drug-likeness (QED) is 0.202. The van der Waals surface area contributed by atoms with Crippen LogP contribution in [0, 0.1) is 0 Å². The van der Waals surface area contributed by atoms with Crippen molar-refractivity contribution in [2.45, 2.75) is 37.6 Å². The number of carboxylic acids is 1. The topological polar surface area (TPSA) is 191 Å². The number of rotatable bonds is 11. The van der Waals surface area contributed by atoms with E-state index in [1.807, 2.05) is 0 Å². The Hall–Kier alpha value is -3.02. The van der Waals surface area contributed by atoms with Gasteiger partial charge in [0.25, 0.3) is 0 Å². The minimum atomic E-state index is -1.42. The summed E-state index contributed by atoms with van der Waals surface area (Å²) in [5, 5.41) is 34.3. The molecular weight excluding hydrogens is 384 g/mol. The number of hydrogen-bond acceptors (Lipinski definition) is 7. The van der Waals surface area contributed by atoms with Gasteiger partial charge >= 0.3 is 5.97 Å². The number of carbonyl (C=O) groups is 4. The van der Waals surface area contributed by atoms with Gasteiger partial charge in [-0.05, 0) is 12.5 Å². The second-order valence-corrected chi connectivity index (χ2v) is 6.37. The van der Waals surface area contributed by atoms with Gasteiger partial charge < -0.3 is 37.0 Å². The number of carboxylic acid groups (broad SMARTS) is 1. The van der Waals surface area contributed by atoms with Gasteiger partial charge in [-0.25, -0.2) is 0 Å². The molecule has 0 spiro atoms. The van der Waals surface area contributed by atoms with Gasteiger partial charge in [-0.1, -0.05) is 30.3 Å². The molecule has 29 heavy (non-hydrogen) atoms. The Morgan fingerprint density at radius 3 is 2.10 bits per heavy atom. The first-order valence-electron chi connectivity index (χ1n) is 8.84. The summed E-state index contributed by atoms with van der Waals surface area (Å²) >= 11 is 0. The maximum absolute atomic E-state index is 12.5. The van der Waals surface area contributed by atoms with Crippen LogP contribution in [0.4, 0.5) is 0 Å². The molecule has 0 aliphatic carbocycles. The molecule has 11 nitrogen and oxygen atoms in total. The van der Waals surface area contributed by atoms with Crippen LogP contribution in [0.3, 0.4) is 0 Å². The first kappa shape index (κ1) is 24.0. The highest BCUT2D eigenvalue weighted by Crippen LogP contribution is 2.04. The van der Waals surface area contributed by atoms with E-state index in [4.69, 9.17) is 10.8 Å². The van der Waals surface area contributed by atoms with Crippen molar-refractivity contribution < 1.29 is 34.5 Å². The fraction of sp³-hybridized carbons (Fsp3) is 0.444. The molecule has 4 atom stereocenters. The number of aliphatic hydroxyl groups excluding tert-OH is 2. The van der Waals surface area contributed by atoms with Crippen molar-refractivity contribution in [2.75, 3.05) is 13.2 Å². The van der Waals surface area contributed by atoms with Crippen LogP contribution in [0.25, 0.3) is 0 Å². The number of nitrogens with two attached hydrogens (primary N) is 1. The smallest absolute Gasteiger partial charge is 0.322 e. The molecule has 0 bridgehead atoms. The standard InChI is InChI=1S/C18H26N4O7/c1-10(24)15(19)18(29)22-13(9-23)17(28)21-12(16(27)20-8-14(25)26)7-11-5-3-2-4-6-11/h2-6,10,12-13,15,23-24H,7-9,19H2,1H3,(H,20,27)(H,21,28)(H,22,29)(H,25,26). The molecule has 0 heterocycles. The molecule has 0 saturated heterocycles. The third kappa shape index (κ3) is 8.25. The predicted molar refractivity (Wildman–Crippen MR) is 101 cm³/mol. The van der Waals surface area contributed by atoms with Crippen LogP contribution in [-0.2, 0) is 25.6 Å². The molecule has 0 aliphatic heterocycles. The second-order valence-electron chi connectivity index (χ2n) is 6.37. The van der Waals surface area contributed by atoms with Crippen molar-refractivity contribution >= 4 is 23.7 Å². The average molecular weight is 410 g/mol. The number of hydrogen-bond donors (Lipinski definition) is 7. The van der Waals surface area contributed by atoms with Gasteiger partial charge in [0.2, 0.25) is 17.7 Å². The molecule has 0 fully saturated rings. The van der Waals surface area contributed by atoms with Gasteiger partial charge in [-0.2, -0.15) is 0 Å². The minimum absolute atomic E-state index is 0.0529. The Morgan fingerprint density at radius 1 is 1.00 bits per heavy atom. The van der Waals surface area contributed by atoms with E-state index in [1.165, 1.54) is 6.92 Å². The molecular formula is C18H26N4O7. The van der Waals surface area contributed by atoms with Gasteiger partial charge in [0.05, 0.1) is 12.7 Å². The molecule has 11 heteroatoms. The Morgan fingerprint density at radius 2 is 1.59 bits per heavy atom. The Balaban J connectivity index is 2.88. The Labute approximate surface area is 167 Å². The predicted octanol–water partition coefficient (Wildman–Crippen LogP) is -2.90. The summed E-state index contributed by atoms with van der Waals surface area (Å²) in [6.07, 6.45) is -1.12. The normalized spacial score (nSPS) is 14.8. The average Bonchev–Trinajstić information content (AvgIpc) is 2.69. The largest absolute Gasteiger partial charge is 0.480 e. The fourth-order valence-corrected chi connectivity index (χ4v) is 2.30. The van der Waals surface area contributed by atoms with E-state index in [0.717, 1.165) is 0 Å². The summed E-state index contributed by atoms with van der Waals surface area (Å²) in [7, 11) is 0. The van der Waals surface area contributed by atoms with Gasteiger partial charge in [0.1, 0.15) is 24.7 Å². The van der Waals surface area contributed by atoms with Crippen molar-refractivity contribution in [3.63, 3.8) is 0 Å². The SMILES string of the molecule is CC(O)C(N)C(=O)NC(CO)C(=O)NC(Cc1ccccc1)C(=O)NCC(=O)O. The van der Waals surface area contributed by atoms with Gasteiger partial charge in [0.15, 0.2) is 0 Å². The van der Waals surface area contributed by atoms with E-state index in [0.29, 0.717) is 5.56 Å². The number of amides is 3. The zero-order valence-corrected chi connectivity index (χ0v) is 15.9. The van der Waals surface area contributed by atoms with Crippen LogP contribution in [0.1, 0.15) is 12.5 Å². The fourth-order valence-electron chi connectivity index (χ4n) is 2.30. The van der Waals surface area contributed by atoms with Gasteiger partial charge in [-0.15, -0.1) is 0 Å². The number of nitrogens with one attached hydrogen (secondary N) is 3. The van der Waals surface area contributed by atoms with Crippen LogP contribution < -0.4 is 21.7 Å². The Kier molecular flexibility index (Phi) is 9.72. The molecule has 1 aromatic carbocycles. The number of carbonyl (C=O) groups excluding carboxylic acids is 3. The summed E-state index contributed by atoms with van der Waals surface area (Å²) in [4.78, 5) is 47.4. The van der Waals surface area contributed by atoms with Crippen molar-refractivity contribution in [2.24, 2.45) is 5.73 Å². The lowest BCUT2D eigenvalue weighted by Crippen LogP contribution is -2.58. The van der Waals surface area contributed by atoms with Crippen molar-refractivity contribution in [1.29, 1.82) is 0 Å². The maximum atomic E-state index is 12.5. The Bertz CT molecular complexity index is 711. The maximum Gasteiger partial charge on any atom is 0.322 e. The van der Waals surface area contributed by atoms with Crippen molar-refractivity contribution in [3.8, 4) is 0 Å². The summed E-state index contributed by atoms with van der Waals surface area (Å²) < 4.78 is 0. The lowest BCUT2D eigenvalue weighted by Gasteiger charge is -2.23. The summed E-state index contributed by atoms with van der Waals surface area (Å²) in [5.74, 6) is -3.72. The highest BCUT2D eigenvalue weighted by atomic mass is 16.4. The highest BCUT2D eigenvalue weighted by Gasteiger charge is 2.29. The highest BCUT2D eigenvalue weighted by molar-refractivity contribution is 5.94. The van der Waals surface area contributed by atoms with Crippen molar-refractivity contribution in [1.82, 2.24) is 16.0 Å². The van der Waals surface area contributed by atoms with Crippen LogP contribution >= 0.6 is 0 Å². The summed E-state index contributed by atoms with van der Waals surface area (Å²) in [6, 6.07) is 4.79. The summed E-state index contributed by atoms with van der Waals surface area (Å²) in [6.45, 7) is -0.122. The summed E-state index contributed by atoms with van der Waals surface area (Å²) in [5.41, 5.74) is 6.19. The third-order valence-corrected chi connectivity index (χ3v) is 3.97. The van der Waals surface area contributed by atoms with Crippen LogP contribution in [0.15, 0.2) is 30.3 Å². The first-order chi connectivity index (χ1) is 13.6. The molecule has 3 amide bonds. The third-order valence-electron chi connectivity index (χ3n) is 3.97. The van der Waals surface area contributed by atoms with Crippen LogP contribution in [0.5, 0.6) is 0 Å². The van der Waals surface area contributed by atoms with Crippen LogP contribution in [-0.4, -0.2) is 76.4 Å². The number of aliphatic hydroxyl groups is 2. The van der Waals surface area contributed by atoms with E-state index in [1.54, 1.807) is 30.3 Å². The molecule has 8 N–H and O–H groups in total. The van der Waals surface area contributed by atoms with E-state index in [9.17, 15) is 29.4 Å². The second kappa shape index (κ2) is 11.7. The number of benzene rings is 1. The van der Waals surface area contributed by atoms with E-state index in [-0.39, 0.29) is 6.42 Å². The lowest BCUT2D eigenvalue weighted by atomic mass is 10.0. The molecule has 1 aromatic rings. The molecule has 160 valence electrons.